The van der Waals surface area contributed by atoms with Crippen LogP contribution in [0.1, 0.15) is 5.69 Å². The normalized spacial score (nSPS) is 16.8. The van der Waals surface area contributed by atoms with Crippen molar-refractivity contribution in [3.8, 4) is 0 Å². The fraction of sp³-hybridized carbons (Fsp3) is 0.700. The highest BCUT2D eigenvalue weighted by molar-refractivity contribution is 7.87. The van der Waals surface area contributed by atoms with Crippen molar-refractivity contribution in [2.45, 2.75) is 13.1 Å². The highest BCUT2D eigenvalue weighted by Crippen LogP contribution is 2.19. The molecule has 0 atom stereocenters. The van der Waals surface area contributed by atoms with Gasteiger partial charge in [0.05, 0.1) is 13.2 Å². The van der Waals surface area contributed by atoms with Gasteiger partial charge < -0.3 is 14.9 Å². The molecule has 12 heteroatoms. The van der Waals surface area contributed by atoms with Crippen LogP contribution in [-0.2, 0) is 28.0 Å². The van der Waals surface area contributed by atoms with E-state index >= 15 is 0 Å². The van der Waals surface area contributed by atoms with Crippen molar-refractivity contribution in [2.24, 2.45) is 5.14 Å². The monoisotopic (exact) mass is 334 g/mol. The van der Waals surface area contributed by atoms with Gasteiger partial charge in [0.15, 0.2) is 12.0 Å². The Hall–Kier alpha value is -1.60. The number of nitro groups is 1. The second-order valence-corrected chi connectivity index (χ2v) is 6.17. The van der Waals surface area contributed by atoms with E-state index in [0.717, 1.165) is 0 Å². The van der Waals surface area contributed by atoms with Gasteiger partial charge in [-0.15, -0.1) is 0 Å². The molecule has 0 bridgehead atoms. The van der Waals surface area contributed by atoms with E-state index in [2.05, 4.69) is 9.71 Å². The molecule has 0 unspecified atom stereocenters. The second-order valence-electron chi connectivity index (χ2n) is 4.79. The number of nitrogens with zero attached hydrogens (tertiary/aromatic N) is 4. The summed E-state index contributed by atoms with van der Waals surface area (Å²) in [5.74, 6) is -0.136. The van der Waals surface area contributed by atoms with E-state index in [-0.39, 0.29) is 18.9 Å². The van der Waals surface area contributed by atoms with Crippen LogP contribution in [0.15, 0.2) is 6.33 Å². The summed E-state index contributed by atoms with van der Waals surface area (Å²) < 4.78 is 30.2. The Morgan fingerprint density at radius 1 is 1.45 bits per heavy atom. The van der Waals surface area contributed by atoms with E-state index in [1.807, 2.05) is 4.90 Å². The standard InChI is InChI=1S/C10H18N6O5S/c11-22(19,20)13-1-2-15-8-12-9(10(15)16(17)18)7-14-3-5-21-6-4-14/h8,13H,1-7H2,(H2,11,19,20). The average Bonchev–Trinajstić information content (AvgIpc) is 2.81. The Kier molecular flexibility index (Phi) is 5.42. The quantitative estimate of drug-likeness (QED) is 0.452. The molecule has 2 heterocycles. The number of nitrogens with two attached hydrogens (primary N) is 1. The summed E-state index contributed by atoms with van der Waals surface area (Å²) in [6, 6.07) is 0. The molecule has 0 saturated carbocycles. The van der Waals surface area contributed by atoms with Crippen molar-refractivity contribution in [2.75, 3.05) is 32.8 Å². The van der Waals surface area contributed by atoms with Gasteiger partial charge in [0.25, 0.3) is 10.2 Å². The molecule has 3 N–H and O–H groups in total. The molecule has 1 aromatic heterocycles. The molecule has 11 nitrogen and oxygen atoms in total. The lowest BCUT2D eigenvalue weighted by atomic mass is 10.3. The van der Waals surface area contributed by atoms with Crippen LogP contribution in [-0.4, -0.2) is 60.6 Å². The third kappa shape index (κ3) is 4.71. The summed E-state index contributed by atoms with van der Waals surface area (Å²) in [7, 11) is -3.82. The predicted molar refractivity (Wildman–Crippen MR) is 76.1 cm³/mol. The highest BCUT2D eigenvalue weighted by atomic mass is 32.2. The maximum Gasteiger partial charge on any atom is 0.347 e. The topological polar surface area (TPSA) is 146 Å². The van der Waals surface area contributed by atoms with Gasteiger partial charge >= 0.3 is 5.82 Å². The first-order chi connectivity index (χ1) is 10.4. The molecule has 22 heavy (non-hydrogen) atoms. The molecule has 0 spiro atoms. The Labute approximate surface area is 127 Å². The van der Waals surface area contributed by atoms with E-state index < -0.39 is 15.1 Å². The van der Waals surface area contributed by atoms with Crippen LogP contribution in [0.25, 0.3) is 0 Å². The summed E-state index contributed by atoms with van der Waals surface area (Å²) in [4.78, 5) is 16.8. The first-order valence-electron chi connectivity index (χ1n) is 6.62. The molecule has 0 radical (unpaired) electrons. The van der Waals surface area contributed by atoms with Crippen molar-refractivity contribution in [3.63, 3.8) is 0 Å². The molecule has 1 saturated heterocycles. The Morgan fingerprint density at radius 3 is 2.73 bits per heavy atom. The number of ether oxygens (including phenoxy) is 1. The van der Waals surface area contributed by atoms with Gasteiger partial charge in [-0.2, -0.15) is 13.1 Å². The van der Waals surface area contributed by atoms with Gasteiger partial charge in [-0.25, -0.2) is 14.7 Å². The lowest BCUT2D eigenvalue weighted by Gasteiger charge is -2.25. The molecule has 1 aliphatic heterocycles. The Bertz CT molecular complexity index is 624. The molecular formula is C10H18N6O5S. The van der Waals surface area contributed by atoms with Crippen LogP contribution in [0, 0.1) is 10.1 Å². The fourth-order valence-electron chi connectivity index (χ4n) is 2.18. The molecule has 2 rings (SSSR count). The van der Waals surface area contributed by atoms with Crippen molar-refractivity contribution >= 4 is 16.0 Å². The number of hydrogen-bond donors (Lipinski definition) is 2. The van der Waals surface area contributed by atoms with Gasteiger partial charge in [0.2, 0.25) is 0 Å². The molecule has 0 amide bonds. The van der Waals surface area contributed by atoms with E-state index in [1.165, 1.54) is 10.9 Å². The largest absolute Gasteiger partial charge is 0.379 e. The van der Waals surface area contributed by atoms with Gasteiger partial charge in [0.1, 0.15) is 6.54 Å². The van der Waals surface area contributed by atoms with Crippen LogP contribution in [0.3, 0.4) is 0 Å². The van der Waals surface area contributed by atoms with Crippen LogP contribution < -0.4 is 9.86 Å². The SMILES string of the molecule is NS(=O)(=O)NCCn1cnc(CN2CCOCC2)c1[N+](=O)[O-]. The predicted octanol–water partition coefficient (Wildman–Crippen LogP) is -1.58. The first kappa shape index (κ1) is 16.8. The van der Waals surface area contributed by atoms with Gasteiger partial charge in [0, 0.05) is 26.2 Å². The maximum atomic E-state index is 11.2. The highest BCUT2D eigenvalue weighted by Gasteiger charge is 2.24. The number of aromatic nitrogens is 2. The second kappa shape index (κ2) is 7.11. The van der Waals surface area contributed by atoms with Gasteiger partial charge in [-0.1, -0.05) is 0 Å². The zero-order chi connectivity index (χ0) is 16.2. The van der Waals surface area contributed by atoms with E-state index in [1.54, 1.807) is 0 Å². The fourth-order valence-corrected chi connectivity index (χ4v) is 2.56. The smallest absolute Gasteiger partial charge is 0.347 e. The lowest BCUT2D eigenvalue weighted by molar-refractivity contribution is -0.393. The van der Waals surface area contributed by atoms with Crippen LogP contribution >= 0.6 is 0 Å². The molecular weight excluding hydrogens is 316 g/mol. The van der Waals surface area contributed by atoms with Crippen LogP contribution in [0.5, 0.6) is 0 Å². The van der Waals surface area contributed by atoms with Gasteiger partial charge in [-0.05, 0) is 4.92 Å². The lowest BCUT2D eigenvalue weighted by Crippen LogP contribution is -2.36. The zero-order valence-corrected chi connectivity index (χ0v) is 12.7. The minimum Gasteiger partial charge on any atom is -0.379 e. The molecule has 0 aliphatic carbocycles. The minimum atomic E-state index is -3.82. The van der Waals surface area contributed by atoms with E-state index in [4.69, 9.17) is 9.88 Å². The van der Waals surface area contributed by atoms with E-state index in [9.17, 15) is 18.5 Å². The van der Waals surface area contributed by atoms with Crippen molar-refractivity contribution in [3.05, 3.63) is 22.1 Å². The van der Waals surface area contributed by atoms with E-state index in [0.29, 0.717) is 38.5 Å². The average molecular weight is 334 g/mol. The molecule has 1 aromatic rings. The maximum absolute atomic E-state index is 11.2. The van der Waals surface area contributed by atoms with Gasteiger partial charge in [-0.3, -0.25) is 4.90 Å². The Morgan fingerprint density at radius 2 is 2.14 bits per heavy atom. The van der Waals surface area contributed by atoms with Crippen molar-refractivity contribution < 1.29 is 18.1 Å². The van der Waals surface area contributed by atoms with Crippen molar-refractivity contribution in [1.29, 1.82) is 0 Å². The molecule has 1 fully saturated rings. The summed E-state index contributed by atoms with van der Waals surface area (Å²) >= 11 is 0. The number of rotatable bonds is 7. The first-order valence-corrected chi connectivity index (χ1v) is 8.17. The molecule has 1 aliphatic rings. The third-order valence-corrected chi connectivity index (χ3v) is 3.80. The molecule has 0 aromatic carbocycles. The summed E-state index contributed by atoms with van der Waals surface area (Å²) in [6.45, 7) is 2.94. The third-order valence-electron chi connectivity index (χ3n) is 3.19. The summed E-state index contributed by atoms with van der Waals surface area (Å²) in [6.07, 6.45) is 1.33. The van der Waals surface area contributed by atoms with Crippen molar-refractivity contribution in [1.82, 2.24) is 19.2 Å². The summed E-state index contributed by atoms with van der Waals surface area (Å²) in [5, 5.41) is 16.1. The minimum absolute atomic E-state index is 0.0486. The Balaban J connectivity index is 2.06. The number of hydrogen-bond acceptors (Lipinski definition) is 7. The summed E-state index contributed by atoms with van der Waals surface area (Å²) in [5.41, 5.74) is 0.350. The zero-order valence-electron chi connectivity index (χ0n) is 11.8. The van der Waals surface area contributed by atoms with Crippen LogP contribution in [0.4, 0.5) is 5.82 Å². The molecule has 124 valence electrons. The number of imidazole rings is 1. The number of nitrogens with one attached hydrogen (secondary N) is 1. The number of morpholine rings is 1. The van der Waals surface area contributed by atoms with Crippen LogP contribution in [0.2, 0.25) is 0 Å².